The molecule has 1 rings (SSSR count). The Kier molecular flexibility index (Phi) is 3.92. The van der Waals surface area contributed by atoms with Gasteiger partial charge in [-0.25, -0.2) is 0 Å². The molecule has 4 nitrogen and oxygen atoms in total. The van der Waals surface area contributed by atoms with Crippen LogP contribution in [0.1, 0.15) is 13.3 Å². The van der Waals surface area contributed by atoms with Gasteiger partial charge in [-0.15, -0.1) is 10.2 Å². The van der Waals surface area contributed by atoms with Crippen molar-refractivity contribution >= 4 is 17.4 Å². The van der Waals surface area contributed by atoms with Gasteiger partial charge >= 0.3 is 0 Å². The number of nitrogens with one attached hydrogen (secondary N) is 1. The number of hydrogen-bond acceptors (Lipinski definition) is 4. The Balaban J connectivity index is 2.49. The first-order chi connectivity index (χ1) is 6.22. The predicted molar refractivity (Wildman–Crippen MR) is 51.8 cm³/mol. The molecule has 1 heterocycles. The average Bonchev–Trinajstić information content (AvgIpc) is 2.09. The molecule has 1 aromatic heterocycles. The van der Waals surface area contributed by atoms with Crippen molar-refractivity contribution in [1.29, 1.82) is 0 Å². The highest BCUT2D eigenvalue weighted by Gasteiger charge is 2.01. The number of rotatable bonds is 4. The van der Waals surface area contributed by atoms with E-state index in [1.54, 1.807) is 12.1 Å². The van der Waals surface area contributed by atoms with E-state index in [4.69, 9.17) is 16.7 Å². The van der Waals surface area contributed by atoms with Crippen LogP contribution in [-0.2, 0) is 0 Å². The minimum absolute atomic E-state index is 0.162. The summed E-state index contributed by atoms with van der Waals surface area (Å²) >= 11 is 5.57. The summed E-state index contributed by atoms with van der Waals surface area (Å²) in [6, 6.07) is 3.60. The second kappa shape index (κ2) is 4.99. The highest BCUT2D eigenvalue weighted by atomic mass is 35.5. The molecule has 0 aliphatic rings. The largest absolute Gasteiger partial charge is 0.396 e. The fourth-order valence-corrected chi connectivity index (χ4v) is 1.01. The molecule has 5 heteroatoms. The first-order valence-corrected chi connectivity index (χ1v) is 4.47. The van der Waals surface area contributed by atoms with Gasteiger partial charge in [-0.05, 0) is 25.5 Å². The molecular formula is C8H12ClN3O. The zero-order chi connectivity index (χ0) is 9.68. The van der Waals surface area contributed by atoms with Crippen LogP contribution >= 0.6 is 11.6 Å². The molecule has 0 saturated carbocycles. The van der Waals surface area contributed by atoms with Gasteiger partial charge in [-0.1, -0.05) is 11.6 Å². The van der Waals surface area contributed by atoms with Crippen LogP contribution in [0.5, 0.6) is 0 Å². The van der Waals surface area contributed by atoms with Crippen LogP contribution in [0.25, 0.3) is 0 Å². The minimum atomic E-state index is 0.162. The van der Waals surface area contributed by atoms with Crippen molar-refractivity contribution in [3.8, 4) is 0 Å². The highest BCUT2D eigenvalue weighted by Crippen LogP contribution is 2.07. The third-order valence-corrected chi connectivity index (χ3v) is 1.79. The predicted octanol–water partition coefficient (Wildman–Crippen LogP) is 1.31. The third kappa shape index (κ3) is 3.57. The molecule has 0 spiro atoms. The van der Waals surface area contributed by atoms with Gasteiger partial charge in [0.25, 0.3) is 0 Å². The molecule has 1 aromatic rings. The monoisotopic (exact) mass is 201 g/mol. The lowest BCUT2D eigenvalue weighted by molar-refractivity contribution is 0.282. The van der Waals surface area contributed by atoms with Crippen molar-refractivity contribution in [1.82, 2.24) is 10.2 Å². The summed E-state index contributed by atoms with van der Waals surface area (Å²) in [6.45, 7) is 2.13. The molecule has 2 N–H and O–H groups in total. The highest BCUT2D eigenvalue weighted by molar-refractivity contribution is 6.29. The van der Waals surface area contributed by atoms with Gasteiger partial charge in [0, 0.05) is 12.6 Å². The zero-order valence-corrected chi connectivity index (χ0v) is 8.12. The number of hydrogen-bond donors (Lipinski definition) is 2. The second-order valence-corrected chi connectivity index (χ2v) is 3.19. The van der Waals surface area contributed by atoms with Gasteiger partial charge in [0.1, 0.15) is 5.82 Å². The average molecular weight is 202 g/mol. The molecule has 13 heavy (non-hydrogen) atoms. The number of aliphatic hydroxyl groups excluding tert-OH is 1. The molecule has 1 atom stereocenters. The summed E-state index contributed by atoms with van der Waals surface area (Å²) in [4.78, 5) is 0. The molecular weight excluding hydrogens is 190 g/mol. The Morgan fingerprint density at radius 1 is 1.54 bits per heavy atom. The second-order valence-electron chi connectivity index (χ2n) is 2.80. The van der Waals surface area contributed by atoms with Crippen LogP contribution in [0.3, 0.4) is 0 Å². The Labute approximate surface area is 81.9 Å². The van der Waals surface area contributed by atoms with Gasteiger partial charge in [-0.3, -0.25) is 0 Å². The summed E-state index contributed by atoms with van der Waals surface area (Å²) in [5.74, 6) is 0.672. The van der Waals surface area contributed by atoms with Crippen LogP contribution in [0.2, 0.25) is 5.15 Å². The van der Waals surface area contributed by atoms with E-state index >= 15 is 0 Å². The van der Waals surface area contributed by atoms with Crippen LogP contribution in [0, 0.1) is 0 Å². The van der Waals surface area contributed by atoms with Crippen molar-refractivity contribution in [3.63, 3.8) is 0 Å². The third-order valence-electron chi connectivity index (χ3n) is 1.59. The van der Waals surface area contributed by atoms with E-state index < -0.39 is 0 Å². The molecule has 1 unspecified atom stereocenters. The van der Waals surface area contributed by atoms with Gasteiger partial charge in [0.15, 0.2) is 5.15 Å². The first kappa shape index (κ1) is 10.2. The SMILES string of the molecule is CC(CCO)Nc1ccc(Cl)nn1. The standard InChI is InChI=1S/C8H12ClN3O/c1-6(4-5-13)10-8-3-2-7(9)11-12-8/h2-3,6,13H,4-5H2,1H3,(H,10,12). The molecule has 0 aromatic carbocycles. The molecule has 0 bridgehead atoms. The smallest absolute Gasteiger partial charge is 0.151 e. The summed E-state index contributed by atoms with van der Waals surface area (Å²) in [7, 11) is 0. The first-order valence-electron chi connectivity index (χ1n) is 4.09. The van der Waals surface area contributed by atoms with E-state index in [0.717, 1.165) is 0 Å². The van der Waals surface area contributed by atoms with Crippen molar-refractivity contribution < 1.29 is 5.11 Å². The van der Waals surface area contributed by atoms with E-state index in [1.807, 2.05) is 6.92 Å². The van der Waals surface area contributed by atoms with Crippen LogP contribution in [0.15, 0.2) is 12.1 Å². The Bertz CT molecular complexity index is 252. The Morgan fingerprint density at radius 2 is 2.31 bits per heavy atom. The molecule has 0 radical (unpaired) electrons. The quantitative estimate of drug-likeness (QED) is 0.772. The van der Waals surface area contributed by atoms with Gasteiger partial charge in [0.05, 0.1) is 0 Å². The van der Waals surface area contributed by atoms with Crippen molar-refractivity contribution in [3.05, 3.63) is 17.3 Å². The molecule has 72 valence electrons. The fraction of sp³-hybridized carbons (Fsp3) is 0.500. The van der Waals surface area contributed by atoms with Gasteiger partial charge in [-0.2, -0.15) is 0 Å². The lowest BCUT2D eigenvalue weighted by Crippen LogP contribution is -2.17. The molecule has 0 saturated heterocycles. The van der Waals surface area contributed by atoms with E-state index in [9.17, 15) is 0 Å². The Hall–Kier alpha value is -0.870. The zero-order valence-electron chi connectivity index (χ0n) is 7.37. The summed E-state index contributed by atoms with van der Waals surface area (Å²) < 4.78 is 0. The number of nitrogens with zero attached hydrogens (tertiary/aromatic N) is 2. The van der Waals surface area contributed by atoms with Crippen molar-refractivity contribution in [2.24, 2.45) is 0 Å². The summed E-state index contributed by atoms with van der Waals surface area (Å²) in [5.41, 5.74) is 0. The van der Waals surface area contributed by atoms with E-state index in [2.05, 4.69) is 15.5 Å². The van der Waals surface area contributed by atoms with Gasteiger partial charge in [0.2, 0.25) is 0 Å². The normalized spacial score (nSPS) is 12.5. The lowest BCUT2D eigenvalue weighted by atomic mass is 10.2. The minimum Gasteiger partial charge on any atom is -0.396 e. The molecule has 0 fully saturated rings. The Morgan fingerprint density at radius 3 is 2.85 bits per heavy atom. The van der Waals surface area contributed by atoms with E-state index in [1.165, 1.54) is 0 Å². The fourth-order valence-electron chi connectivity index (χ4n) is 0.911. The molecule has 0 aliphatic carbocycles. The van der Waals surface area contributed by atoms with Crippen molar-refractivity contribution in [2.45, 2.75) is 19.4 Å². The topological polar surface area (TPSA) is 58.0 Å². The molecule has 0 aliphatic heterocycles. The maximum absolute atomic E-state index is 8.66. The van der Waals surface area contributed by atoms with Crippen LogP contribution in [0.4, 0.5) is 5.82 Å². The van der Waals surface area contributed by atoms with E-state index in [-0.39, 0.29) is 12.6 Å². The number of aromatic nitrogens is 2. The van der Waals surface area contributed by atoms with E-state index in [0.29, 0.717) is 17.4 Å². The number of anilines is 1. The molecule has 0 amide bonds. The lowest BCUT2D eigenvalue weighted by Gasteiger charge is -2.11. The number of aliphatic hydroxyl groups is 1. The maximum atomic E-state index is 8.66. The van der Waals surface area contributed by atoms with Gasteiger partial charge < -0.3 is 10.4 Å². The number of halogens is 1. The summed E-state index contributed by atoms with van der Waals surface area (Å²) in [6.07, 6.45) is 0.685. The van der Waals surface area contributed by atoms with Crippen LogP contribution < -0.4 is 5.32 Å². The van der Waals surface area contributed by atoms with Crippen molar-refractivity contribution in [2.75, 3.05) is 11.9 Å². The summed E-state index contributed by atoms with van der Waals surface area (Å²) in [5, 5.41) is 19.6. The maximum Gasteiger partial charge on any atom is 0.151 e. The van der Waals surface area contributed by atoms with Crippen LogP contribution in [-0.4, -0.2) is 28.0 Å².